The lowest BCUT2D eigenvalue weighted by molar-refractivity contribution is 0.249. The van der Waals surface area contributed by atoms with Crippen LogP contribution in [0.1, 0.15) is 45.1 Å². The Morgan fingerprint density at radius 3 is 2.12 bits per heavy atom. The molecule has 1 nitrogen and oxygen atoms in total. The van der Waals surface area contributed by atoms with E-state index in [-0.39, 0.29) is 0 Å². The smallest absolute Gasteiger partial charge is 0.0184 e. The van der Waals surface area contributed by atoms with Crippen molar-refractivity contribution in [2.45, 2.75) is 51.0 Å². The molecule has 94 valence electrons. The van der Waals surface area contributed by atoms with E-state index in [0.717, 1.165) is 0 Å². The number of likely N-dealkylation sites (N-methyl/N-ethyl adjacent to an activating group) is 1. The van der Waals surface area contributed by atoms with E-state index < -0.39 is 0 Å². The molecule has 1 saturated carbocycles. The van der Waals surface area contributed by atoms with E-state index in [9.17, 15) is 0 Å². The molecule has 0 saturated heterocycles. The minimum absolute atomic E-state index is 0.365. The highest BCUT2D eigenvalue weighted by Gasteiger charge is 2.43. The maximum Gasteiger partial charge on any atom is 0.0184 e. The van der Waals surface area contributed by atoms with Gasteiger partial charge in [0.2, 0.25) is 0 Å². The van der Waals surface area contributed by atoms with Gasteiger partial charge in [0.1, 0.15) is 0 Å². The highest BCUT2D eigenvalue weighted by molar-refractivity contribution is 5.29. The quantitative estimate of drug-likeness (QED) is 0.832. The predicted molar refractivity (Wildman–Crippen MR) is 74.3 cm³/mol. The van der Waals surface area contributed by atoms with Crippen molar-refractivity contribution in [2.24, 2.45) is 5.92 Å². The average Bonchev–Trinajstić information content (AvgIpc) is 2.81. The van der Waals surface area contributed by atoms with Crippen molar-refractivity contribution >= 4 is 0 Å². The second-order valence-electron chi connectivity index (χ2n) is 5.74. The fourth-order valence-electron chi connectivity index (χ4n) is 3.80. The van der Waals surface area contributed by atoms with Gasteiger partial charge in [-0.2, -0.15) is 0 Å². The van der Waals surface area contributed by atoms with E-state index in [1.165, 1.54) is 31.2 Å². The van der Waals surface area contributed by atoms with E-state index in [1.54, 1.807) is 0 Å². The van der Waals surface area contributed by atoms with Gasteiger partial charge in [-0.15, -0.1) is 0 Å². The van der Waals surface area contributed by atoms with Gasteiger partial charge in [-0.1, -0.05) is 57.0 Å². The first-order valence-electron chi connectivity index (χ1n) is 6.93. The molecule has 1 aromatic carbocycles. The molecule has 1 heteroatoms. The van der Waals surface area contributed by atoms with Crippen molar-refractivity contribution in [3.8, 4) is 0 Å². The third-order valence-corrected chi connectivity index (χ3v) is 4.42. The summed E-state index contributed by atoms with van der Waals surface area (Å²) in [6.07, 6.45) is 5.42. The topological polar surface area (TPSA) is 12.0 Å². The molecule has 1 unspecified atom stereocenters. The van der Waals surface area contributed by atoms with Gasteiger partial charge in [0.25, 0.3) is 0 Å². The summed E-state index contributed by atoms with van der Waals surface area (Å²) in [7, 11) is 2.12. The zero-order valence-electron chi connectivity index (χ0n) is 11.4. The number of nitrogens with one attached hydrogen (secondary N) is 1. The molecule has 0 heterocycles. The van der Waals surface area contributed by atoms with E-state index in [0.29, 0.717) is 17.4 Å². The molecular weight excluding hydrogens is 206 g/mol. The SMILES string of the molecule is CNC(C(C)C)C1(c2ccccc2)CCCC1. The standard InChI is InChI=1S/C16H25N/c1-13(2)15(17-3)16(11-7-8-12-16)14-9-5-4-6-10-14/h4-6,9-10,13,15,17H,7-8,11-12H2,1-3H3. The maximum absolute atomic E-state index is 3.58. The Bertz CT molecular complexity index is 336. The molecule has 1 N–H and O–H groups in total. The van der Waals surface area contributed by atoms with Crippen molar-refractivity contribution in [1.29, 1.82) is 0 Å². The van der Waals surface area contributed by atoms with Crippen molar-refractivity contribution in [1.82, 2.24) is 5.32 Å². The fourth-order valence-corrected chi connectivity index (χ4v) is 3.80. The summed E-state index contributed by atoms with van der Waals surface area (Å²) < 4.78 is 0. The summed E-state index contributed by atoms with van der Waals surface area (Å²) in [5.74, 6) is 0.679. The lowest BCUT2D eigenvalue weighted by atomic mass is 9.69. The Labute approximate surface area is 106 Å². The molecule has 1 aliphatic rings. The third-order valence-electron chi connectivity index (χ3n) is 4.42. The zero-order valence-corrected chi connectivity index (χ0v) is 11.4. The normalized spacial score (nSPS) is 20.7. The van der Waals surface area contributed by atoms with Crippen LogP contribution in [0.2, 0.25) is 0 Å². The Balaban J connectivity index is 2.39. The molecule has 0 spiro atoms. The first-order valence-corrected chi connectivity index (χ1v) is 6.93. The summed E-state index contributed by atoms with van der Waals surface area (Å²) in [6.45, 7) is 4.67. The molecule has 0 amide bonds. The Hall–Kier alpha value is -0.820. The average molecular weight is 231 g/mol. The molecule has 0 aliphatic heterocycles. The second kappa shape index (κ2) is 5.22. The minimum Gasteiger partial charge on any atom is -0.316 e. The molecule has 0 radical (unpaired) electrons. The molecular formula is C16H25N. The lowest BCUT2D eigenvalue weighted by Gasteiger charge is -2.40. The molecule has 2 rings (SSSR count). The van der Waals surface area contributed by atoms with Gasteiger partial charge < -0.3 is 5.32 Å². The molecule has 0 aromatic heterocycles. The summed E-state index contributed by atoms with van der Waals surface area (Å²) in [4.78, 5) is 0. The van der Waals surface area contributed by atoms with E-state index in [1.807, 2.05) is 0 Å². The van der Waals surface area contributed by atoms with Crippen LogP contribution in [0.4, 0.5) is 0 Å². The van der Waals surface area contributed by atoms with E-state index in [2.05, 4.69) is 56.5 Å². The third kappa shape index (κ3) is 2.26. The van der Waals surface area contributed by atoms with Crippen LogP contribution in [0.3, 0.4) is 0 Å². The van der Waals surface area contributed by atoms with Crippen LogP contribution >= 0.6 is 0 Å². The van der Waals surface area contributed by atoms with Gasteiger partial charge in [0.05, 0.1) is 0 Å². The van der Waals surface area contributed by atoms with Crippen LogP contribution in [-0.4, -0.2) is 13.1 Å². The van der Waals surface area contributed by atoms with Crippen LogP contribution in [0.15, 0.2) is 30.3 Å². The zero-order chi connectivity index (χ0) is 12.3. The van der Waals surface area contributed by atoms with Crippen LogP contribution in [-0.2, 0) is 5.41 Å². The first kappa shape index (κ1) is 12.6. The molecule has 0 bridgehead atoms. The predicted octanol–water partition coefficient (Wildman–Crippen LogP) is 3.74. The summed E-state index contributed by atoms with van der Waals surface area (Å²) in [5.41, 5.74) is 1.90. The first-order chi connectivity index (χ1) is 8.20. The van der Waals surface area contributed by atoms with Gasteiger partial charge in [-0.25, -0.2) is 0 Å². The minimum atomic E-state index is 0.365. The summed E-state index contributed by atoms with van der Waals surface area (Å²) in [5, 5.41) is 3.58. The van der Waals surface area contributed by atoms with Crippen molar-refractivity contribution in [3.05, 3.63) is 35.9 Å². The Morgan fingerprint density at radius 2 is 1.65 bits per heavy atom. The van der Waals surface area contributed by atoms with Crippen LogP contribution in [0.25, 0.3) is 0 Å². The van der Waals surface area contributed by atoms with E-state index >= 15 is 0 Å². The maximum atomic E-state index is 3.58. The number of benzene rings is 1. The van der Waals surface area contributed by atoms with Crippen molar-refractivity contribution in [3.63, 3.8) is 0 Å². The molecule has 17 heavy (non-hydrogen) atoms. The van der Waals surface area contributed by atoms with E-state index in [4.69, 9.17) is 0 Å². The van der Waals surface area contributed by atoms with Crippen LogP contribution < -0.4 is 5.32 Å². The van der Waals surface area contributed by atoms with Crippen LogP contribution in [0, 0.1) is 5.92 Å². The fraction of sp³-hybridized carbons (Fsp3) is 0.625. The molecule has 1 aromatic rings. The Morgan fingerprint density at radius 1 is 1.06 bits per heavy atom. The lowest BCUT2D eigenvalue weighted by Crippen LogP contribution is -2.48. The largest absolute Gasteiger partial charge is 0.316 e. The second-order valence-corrected chi connectivity index (χ2v) is 5.74. The highest BCUT2D eigenvalue weighted by atomic mass is 14.9. The van der Waals surface area contributed by atoms with Gasteiger partial charge in [-0.3, -0.25) is 0 Å². The van der Waals surface area contributed by atoms with Crippen molar-refractivity contribution < 1.29 is 0 Å². The summed E-state index contributed by atoms with van der Waals surface area (Å²) in [6, 6.07) is 11.7. The highest BCUT2D eigenvalue weighted by Crippen LogP contribution is 2.45. The molecule has 1 aliphatic carbocycles. The van der Waals surface area contributed by atoms with Gasteiger partial charge >= 0.3 is 0 Å². The van der Waals surface area contributed by atoms with Gasteiger partial charge in [0.15, 0.2) is 0 Å². The Kier molecular flexibility index (Phi) is 3.88. The van der Waals surface area contributed by atoms with Gasteiger partial charge in [0, 0.05) is 11.5 Å². The van der Waals surface area contributed by atoms with Crippen molar-refractivity contribution in [2.75, 3.05) is 7.05 Å². The molecule has 1 atom stereocenters. The monoisotopic (exact) mass is 231 g/mol. The van der Waals surface area contributed by atoms with Crippen LogP contribution in [0.5, 0.6) is 0 Å². The molecule has 1 fully saturated rings. The summed E-state index contributed by atoms with van der Waals surface area (Å²) >= 11 is 0. The van der Waals surface area contributed by atoms with Gasteiger partial charge in [-0.05, 0) is 31.4 Å². The number of rotatable bonds is 4. The number of hydrogen-bond donors (Lipinski definition) is 1. The number of hydrogen-bond acceptors (Lipinski definition) is 1.